The van der Waals surface area contributed by atoms with Gasteiger partial charge in [0.25, 0.3) is 0 Å². The van der Waals surface area contributed by atoms with Crippen molar-refractivity contribution in [1.29, 1.82) is 0 Å². The summed E-state index contributed by atoms with van der Waals surface area (Å²) in [5.74, 6) is 0. The third kappa shape index (κ3) is 6.72. The van der Waals surface area contributed by atoms with Crippen LogP contribution in [0.3, 0.4) is 0 Å². The summed E-state index contributed by atoms with van der Waals surface area (Å²) in [5.41, 5.74) is 5.08. The number of rotatable bonds is 7. The summed E-state index contributed by atoms with van der Waals surface area (Å²) in [4.78, 5) is 15.3. The highest BCUT2D eigenvalue weighted by molar-refractivity contribution is 7.46. The second-order valence-corrected chi connectivity index (χ2v) is 8.83. The molecule has 0 fully saturated rings. The molecule has 0 aliphatic rings. The van der Waals surface area contributed by atoms with E-state index in [1.165, 1.54) is 22.3 Å². The van der Waals surface area contributed by atoms with E-state index in [2.05, 4.69) is 126 Å². The third-order valence-corrected chi connectivity index (χ3v) is 6.37. The largest absolute Gasteiger partial charge is 0.745 e. The van der Waals surface area contributed by atoms with Gasteiger partial charge in [0.2, 0.25) is 0 Å². The maximum atomic E-state index is 9.39. The lowest BCUT2D eigenvalue weighted by Crippen LogP contribution is -2.32. The Hall–Kier alpha value is -3.04. The van der Waals surface area contributed by atoms with Crippen LogP contribution in [0.1, 0.15) is 22.3 Å². The van der Waals surface area contributed by atoms with Crippen LogP contribution < -0.4 is 0 Å². The van der Waals surface area contributed by atoms with Crippen molar-refractivity contribution in [3.8, 4) is 0 Å². The van der Waals surface area contributed by atoms with Gasteiger partial charge in [-0.15, -0.1) is 9.79 Å². The fourth-order valence-electron chi connectivity index (χ4n) is 3.94. The van der Waals surface area contributed by atoms with Crippen molar-refractivity contribution in [2.24, 2.45) is 0 Å². The van der Waals surface area contributed by atoms with Gasteiger partial charge in [0.1, 0.15) is 0 Å². The quantitative estimate of drug-likeness (QED) is 0.232. The highest BCUT2D eigenvalue weighted by Gasteiger charge is 2.36. The molecule has 7 heteroatoms. The normalized spacial score (nSPS) is 11.7. The minimum absolute atomic E-state index is 0.217. The van der Waals surface area contributed by atoms with E-state index in [4.69, 9.17) is 9.79 Å². The second kappa shape index (κ2) is 12.3. The zero-order chi connectivity index (χ0) is 23.5. The fourth-order valence-corrected chi connectivity index (χ4v) is 4.41. The lowest BCUT2D eigenvalue weighted by molar-refractivity contribution is 0.371. The van der Waals surface area contributed by atoms with Crippen LogP contribution in [-0.2, 0) is 25.3 Å². The predicted molar refractivity (Wildman–Crippen MR) is 130 cm³/mol. The van der Waals surface area contributed by atoms with Gasteiger partial charge in [-0.2, -0.15) is 0 Å². The van der Waals surface area contributed by atoms with E-state index in [0.29, 0.717) is 0 Å². The van der Waals surface area contributed by atoms with Gasteiger partial charge in [-0.1, -0.05) is 121 Å². The molecule has 4 aromatic rings. The van der Waals surface area contributed by atoms with Crippen molar-refractivity contribution < 1.29 is 23.2 Å². The molecular formula is C26H24O5P2+2. The van der Waals surface area contributed by atoms with Crippen molar-refractivity contribution in [1.82, 2.24) is 0 Å². The average molecular weight is 478 g/mol. The van der Waals surface area contributed by atoms with Crippen molar-refractivity contribution in [3.05, 3.63) is 144 Å². The van der Waals surface area contributed by atoms with Crippen LogP contribution >= 0.6 is 16.5 Å². The Morgan fingerprint density at radius 1 is 0.545 bits per heavy atom. The Morgan fingerprint density at radius 2 is 0.848 bits per heavy atom. The molecule has 0 heterocycles. The molecule has 33 heavy (non-hydrogen) atoms. The Labute approximate surface area is 195 Å². The van der Waals surface area contributed by atoms with Gasteiger partial charge in [-0.25, -0.2) is 0 Å². The molecule has 0 bridgehead atoms. The molecule has 166 valence electrons. The lowest BCUT2D eigenvalue weighted by atomic mass is 9.66. The molecule has 2 unspecified atom stereocenters. The van der Waals surface area contributed by atoms with E-state index in [-0.39, 0.29) is 5.41 Å². The number of hydrogen-bond donors (Lipinski definition) is 2. The summed E-state index contributed by atoms with van der Waals surface area (Å²) in [6.07, 6.45) is 0.922. The molecule has 0 spiro atoms. The van der Waals surface area contributed by atoms with E-state index in [0.717, 1.165) is 6.42 Å². The number of benzene rings is 4. The molecule has 4 aromatic carbocycles. The van der Waals surface area contributed by atoms with Gasteiger partial charge in [0.05, 0.1) is 0 Å². The molecule has 0 saturated carbocycles. The Morgan fingerprint density at radius 3 is 1.12 bits per heavy atom. The van der Waals surface area contributed by atoms with Crippen LogP contribution in [0.25, 0.3) is 0 Å². The molecule has 0 amide bonds. The van der Waals surface area contributed by atoms with Crippen LogP contribution in [0, 0.1) is 0 Å². The van der Waals surface area contributed by atoms with Crippen LogP contribution in [-0.4, -0.2) is 9.79 Å². The van der Waals surface area contributed by atoms with Gasteiger partial charge < -0.3 is 0 Å². The standard InChI is InChI=1S/C26H22.O5P2/c1-5-13-22(14-6-1)21-26(23-15-7-2-8-16-23,24-17-9-3-10-18-24)25-19-11-4-12-20-25;1-6(2)5-7(3)4/h1-20H,21H2;/p+2. The molecule has 0 saturated heterocycles. The molecule has 5 nitrogen and oxygen atoms in total. The molecule has 2 atom stereocenters. The first kappa shape index (κ1) is 24.6. The molecule has 2 N–H and O–H groups in total. The highest BCUT2D eigenvalue weighted by atomic mass is 31.2. The summed E-state index contributed by atoms with van der Waals surface area (Å²) in [6, 6.07) is 43.4. The highest BCUT2D eigenvalue weighted by Crippen LogP contribution is 2.42. The average Bonchev–Trinajstić information content (AvgIpc) is 2.84. The first-order chi connectivity index (χ1) is 16.0. The summed E-state index contributed by atoms with van der Waals surface area (Å²) in [7, 11) is -5.85. The van der Waals surface area contributed by atoms with Crippen molar-refractivity contribution in [2.75, 3.05) is 0 Å². The van der Waals surface area contributed by atoms with Crippen LogP contribution in [0.5, 0.6) is 0 Å². The number of hydrogen-bond acceptors (Lipinski definition) is 3. The van der Waals surface area contributed by atoms with E-state index >= 15 is 0 Å². The zero-order valence-electron chi connectivity index (χ0n) is 17.8. The third-order valence-electron chi connectivity index (χ3n) is 5.25. The van der Waals surface area contributed by atoms with Gasteiger partial charge >= 0.3 is 16.5 Å². The molecule has 4 rings (SSSR count). The smallest absolute Gasteiger partial charge is 0.131 e. The van der Waals surface area contributed by atoms with Crippen LogP contribution in [0.15, 0.2) is 121 Å². The molecule has 0 radical (unpaired) electrons. The topological polar surface area (TPSA) is 83.8 Å². The molecule has 0 aromatic heterocycles. The van der Waals surface area contributed by atoms with E-state index < -0.39 is 16.5 Å². The predicted octanol–water partition coefficient (Wildman–Crippen LogP) is 6.57. The molecular weight excluding hydrogens is 454 g/mol. The summed E-state index contributed by atoms with van der Waals surface area (Å²) in [6.45, 7) is 0. The van der Waals surface area contributed by atoms with Gasteiger partial charge in [0.15, 0.2) is 4.31 Å². The van der Waals surface area contributed by atoms with E-state index in [1.54, 1.807) is 0 Å². The van der Waals surface area contributed by atoms with Crippen LogP contribution in [0.4, 0.5) is 0 Å². The minimum atomic E-state index is -2.92. The molecule has 0 aliphatic heterocycles. The van der Waals surface area contributed by atoms with Gasteiger partial charge in [-0.3, -0.25) is 0 Å². The van der Waals surface area contributed by atoms with Crippen molar-refractivity contribution in [2.45, 2.75) is 11.8 Å². The maximum Gasteiger partial charge on any atom is 0.745 e. The summed E-state index contributed by atoms with van der Waals surface area (Å²) < 4.78 is 22.2. The zero-order valence-corrected chi connectivity index (χ0v) is 19.6. The van der Waals surface area contributed by atoms with Crippen LogP contribution in [0.2, 0.25) is 0 Å². The minimum Gasteiger partial charge on any atom is -0.131 e. The first-order valence-corrected chi connectivity index (χ1v) is 12.5. The first-order valence-electron chi connectivity index (χ1n) is 10.2. The Kier molecular flexibility index (Phi) is 9.14. The van der Waals surface area contributed by atoms with Crippen molar-refractivity contribution >= 4 is 16.5 Å². The summed E-state index contributed by atoms with van der Waals surface area (Å²) in [5, 5.41) is 0. The van der Waals surface area contributed by atoms with Crippen molar-refractivity contribution in [3.63, 3.8) is 0 Å². The van der Waals surface area contributed by atoms with Gasteiger partial charge in [0, 0.05) is 14.5 Å². The van der Waals surface area contributed by atoms with E-state index in [9.17, 15) is 9.13 Å². The summed E-state index contributed by atoms with van der Waals surface area (Å²) >= 11 is 0. The monoisotopic (exact) mass is 478 g/mol. The fraction of sp³-hybridized carbons (Fsp3) is 0.0769. The van der Waals surface area contributed by atoms with E-state index in [1.807, 2.05) is 0 Å². The maximum absolute atomic E-state index is 9.39. The lowest BCUT2D eigenvalue weighted by Gasteiger charge is -2.36. The SMILES string of the molecule is O=[P+](O)O[P+](=O)O.c1ccc(CC(c2ccccc2)(c2ccccc2)c2ccccc2)cc1. The van der Waals surface area contributed by atoms with Gasteiger partial charge in [-0.05, 0) is 28.7 Å². The Balaban J connectivity index is 0.000000383. The molecule has 0 aliphatic carbocycles. The Bertz CT molecular complexity index is 1050. The second-order valence-electron chi connectivity index (χ2n) is 7.22.